The third kappa shape index (κ3) is 5.50. The molecule has 0 saturated carbocycles. The molecule has 5 rings (SSSR count). The van der Waals surface area contributed by atoms with E-state index in [0.717, 1.165) is 18.5 Å². The fourth-order valence-electron chi connectivity index (χ4n) is 4.81. The molecule has 7 heteroatoms. The fraction of sp³-hybridized carbons (Fsp3) is 0.267. The zero-order chi connectivity index (χ0) is 25.8. The van der Waals surface area contributed by atoms with Crippen molar-refractivity contribution in [2.45, 2.75) is 39.4 Å². The first-order valence-electron chi connectivity index (χ1n) is 12.7. The Hall–Kier alpha value is -4.13. The predicted octanol–water partition coefficient (Wildman–Crippen LogP) is 5.52. The molecule has 0 aliphatic carbocycles. The molecule has 6 nitrogen and oxygen atoms in total. The lowest BCUT2D eigenvalue weighted by Crippen LogP contribution is -2.35. The Balaban J connectivity index is 1.26. The molecular weight excluding hydrogens is 469 g/mol. The van der Waals surface area contributed by atoms with Crippen molar-refractivity contribution in [3.8, 4) is 0 Å². The van der Waals surface area contributed by atoms with E-state index < -0.39 is 0 Å². The van der Waals surface area contributed by atoms with Crippen LogP contribution < -0.4 is 0 Å². The lowest BCUT2D eigenvalue weighted by Gasteiger charge is -2.28. The second kappa shape index (κ2) is 10.9. The molecule has 0 atom stereocenters. The molecule has 0 bridgehead atoms. The number of furan rings is 1. The van der Waals surface area contributed by atoms with Crippen LogP contribution in [-0.4, -0.2) is 39.3 Å². The summed E-state index contributed by atoms with van der Waals surface area (Å²) in [6.07, 6.45) is 3.58. The van der Waals surface area contributed by atoms with Crippen molar-refractivity contribution in [3.05, 3.63) is 119 Å². The molecule has 0 saturated heterocycles. The minimum atomic E-state index is -0.367. The number of fused-ring (bicyclic) bond motifs is 1. The molecule has 0 unspecified atom stereocenters. The molecule has 1 aliphatic heterocycles. The summed E-state index contributed by atoms with van der Waals surface area (Å²) in [7, 11) is 0. The molecular formula is C30H30FN3O3. The average Bonchev–Trinajstić information content (AvgIpc) is 3.57. The molecule has 0 fully saturated rings. The van der Waals surface area contributed by atoms with Gasteiger partial charge in [0.15, 0.2) is 5.76 Å². The standard InChI is InChI=1S/C30H30FN3O3/c1-2-16-33(29(35)23-9-11-25(31)12-10-23)20-26-8-5-17-32(26)21-27-13-14-28(37-27)30(36)34-18-15-22-6-3-4-7-24(22)19-34/h3-14,17H,2,15-16,18-21H2,1H3. The van der Waals surface area contributed by atoms with Gasteiger partial charge in [-0.05, 0) is 72.5 Å². The number of amides is 2. The van der Waals surface area contributed by atoms with E-state index in [1.54, 1.807) is 11.0 Å². The number of carbonyl (C=O) groups excluding carboxylic acids is 2. The number of carbonyl (C=O) groups is 2. The van der Waals surface area contributed by atoms with Gasteiger partial charge < -0.3 is 18.8 Å². The van der Waals surface area contributed by atoms with E-state index in [0.29, 0.717) is 49.8 Å². The minimum absolute atomic E-state index is 0.104. The number of aromatic nitrogens is 1. The van der Waals surface area contributed by atoms with Crippen molar-refractivity contribution in [2.75, 3.05) is 13.1 Å². The second-order valence-corrected chi connectivity index (χ2v) is 9.37. The normalized spacial score (nSPS) is 12.9. The highest BCUT2D eigenvalue weighted by atomic mass is 19.1. The maximum absolute atomic E-state index is 13.3. The summed E-state index contributed by atoms with van der Waals surface area (Å²) >= 11 is 0. The Kier molecular flexibility index (Phi) is 7.21. The summed E-state index contributed by atoms with van der Waals surface area (Å²) in [6, 6.07) is 21.3. The zero-order valence-corrected chi connectivity index (χ0v) is 20.9. The smallest absolute Gasteiger partial charge is 0.289 e. The second-order valence-electron chi connectivity index (χ2n) is 9.37. The van der Waals surface area contributed by atoms with Crippen LogP contribution in [0, 0.1) is 5.82 Å². The van der Waals surface area contributed by atoms with Gasteiger partial charge in [-0.1, -0.05) is 31.2 Å². The first kappa shape index (κ1) is 24.6. The van der Waals surface area contributed by atoms with Gasteiger partial charge in [0.05, 0.1) is 13.1 Å². The molecule has 37 heavy (non-hydrogen) atoms. The van der Waals surface area contributed by atoms with Crippen LogP contribution in [0.15, 0.2) is 83.4 Å². The summed E-state index contributed by atoms with van der Waals surface area (Å²) in [5, 5.41) is 0. The molecule has 2 aromatic carbocycles. The fourth-order valence-corrected chi connectivity index (χ4v) is 4.81. The number of nitrogens with zero attached hydrogens (tertiary/aromatic N) is 3. The predicted molar refractivity (Wildman–Crippen MR) is 139 cm³/mol. The van der Waals surface area contributed by atoms with Gasteiger partial charge >= 0.3 is 0 Å². The average molecular weight is 500 g/mol. The molecule has 3 heterocycles. The molecule has 0 N–H and O–H groups in total. The van der Waals surface area contributed by atoms with Crippen LogP contribution in [-0.2, 0) is 26.1 Å². The van der Waals surface area contributed by atoms with E-state index in [-0.39, 0.29) is 17.6 Å². The van der Waals surface area contributed by atoms with Gasteiger partial charge in [-0.15, -0.1) is 0 Å². The number of rotatable bonds is 8. The number of hydrogen-bond donors (Lipinski definition) is 0. The number of hydrogen-bond acceptors (Lipinski definition) is 3. The van der Waals surface area contributed by atoms with E-state index in [2.05, 4.69) is 12.1 Å². The van der Waals surface area contributed by atoms with E-state index in [1.165, 1.54) is 35.4 Å². The van der Waals surface area contributed by atoms with Crippen LogP contribution in [0.1, 0.15) is 56.8 Å². The maximum Gasteiger partial charge on any atom is 0.289 e. The summed E-state index contributed by atoms with van der Waals surface area (Å²) in [4.78, 5) is 29.8. The van der Waals surface area contributed by atoms with Gasteiger partial charge in [0.1, 0.15) is 11.6 Å². The third-order valence-corrected chi connectivity index (χ3v) is 6.76. The Morgan fingerprint density at radius 2 is 1.76 bits per heavy atom. The highest BCUT2D eigenvalue weighted by Crippen LogP contribution is 2.22. The maximum atomic E-state index is 13.3. The molecule has 0 spiro atoms. The van der Waals surface area contributed by atoms with Gasteiger partial charge in [-0.25, -0.2) is 4.39 Å². The Morgan fingerprint density at radius 3 is 2.54 bits per heavy atom. The third-order valence-electron chi connectivity index (χ3n) is 6.76. The summed E-state index contributed by atoms with van der Waals surface area (Å²) in [5.74, 6) is 0.400. The van der Waals surface area contributed by atoms with Crippen molar-refractivity contribution in [2.24, 2.45) is 0 Å². The highest BCUT2D eigenvalue weighted by molar-refractivity contribution is 5.94. The lowest BCUT2D eigenvalue weighted by atomic mass is 10.00. The Labute approximate surface area is 215 Å². The SMILES string of the molecule is CCCN(Cc1cccn1Cc1ccc(C(=O)N2CCc3ccccc3C2)o1)C(=O)c1ccc(F)cc1. The first-order valence-corrected chi connectivity index (χ1v) is 12.7. The van der Waals surface area contributed by atoms with Crippen molar-refractivity contribution < 1.29 is 18.4 Å². The zero-order valence-electron chi connectivity index (χ0n) is 20.9. The highest BCUT2D eigenvalue weighted by Gasteiger charge is 2.24. The molecule has 2 aromatic heterocycles. The van der Waals surface area contributed by atoms with E-state index >= 15 is 0 Å². The summed E-state index contributed by atoms with van der Waals surface area (Å²) in [6.45, 7) is 4.72. The summed E-state index contributed by atoms with van der Waals surface area (Å²) < 4.78 is 21.3. The number of halogens is 1. The summed E-state index contributed by atoms with van der Waals surface area (Å²) in [5.41, 5.74) is 3.88. The molecule has 4 aromatic rings. The Morgan fingerprint density at radius 1 is 0.973 bits per heavy atom. The largest absolute Gasteiger partial charge is 0.454 e. The lowest BCUT2D eigenvalue weighted by molar-refractivity contribution is 0.0698. The van der Waals surface area contributed by atoms with Gasteiger partial charge in [0, 0.05) is 37.1 Å². The van der Waals surface area contributed by atoms with E-state index in [9.17, 15) is 14.0 Å². The van der Waals surface area contributed by atoms with Crippen molar-refractivity contribution in [3.63, 3.8) is 0 Å². The quantitative estimate of drug-likeness (QED) is 0.321. The monoisotopic (exact) mass is 499 g/mol. The van der Waals surface area contributed by atoms with Gasteiger partial charge in [0.2, 0.25) is 0 Å². The minimum Gasteiger partial charge on any atom is -0.454 e. The van der Waals surface area contributed by atoms with Crippen molar-refractivity contribution in [1.29, 1.82) is 0 Å². The molecule has 190 valence electrons. The van der Waals surface area contributed by atoms with E-state index in [4.69, 9.17) is 4.42 Å². The van der Waals surface area contributed by atoms with Crippen LogP contribution in [0.3, 0.4) is 0 Å². The van der Waals surface area contributed by atoms with Gasteiger partial charge in [0.25, 0.3) is 11.8 Å². The van der Waals surface area contributed by atoms with Crippen molar-refractivity contribution >= 4 is 11.8 Å². The van der Waals surface area contributed by atoms with Crippen LogP contribution in [0.2, 0.25) is 0 Å². The van der Waals surface area contributed by atoms with Gasteiger partial charge in [-0.2, -0.15) is 0 Å². The molecule has 0 radical (unpaired) electrons. The molecule has 2 amide bonds. The van der Waals surface area contributed by atoms with Crippen LogP contribution in [0.25, 0.3) is 0 Å². The number of benzene rings is 2. The topological polar surface area (TPSA) is 58.7 Å². The van der Waals surface area contributed by atoms with Crippen LogP contribution in [0.4, 0.5) is 4.39 Å². The van der Waals surface area contributed by atoms with E-state index in [1.807, 2.05) is 52.9 Å². The van der Waals surface area contributed by atoms with Gasteiger partial charge in [-0.3, -0.25) is 9.59 Å². The van der Waals surface area contributed by atoms with Crippen molar-refractivity contribution in [1.82, 2.24) is 14.4 Å². The van der Waals surface area contributed by atoms with Crippen LogP contribution >= 0.6 is 0 Å². The first-order chi connectivity index (χ1) is 18.0. The Bertz CT molecular complexity index is 1390. The van der Waals surface area contributed by atoms with Crippen LogP contribution in [0.5, 0.6) is 0 Å². The molecule has 1 aliphatic rings.